The van der Waals surface area contributed by atoms with Crippen molar-refractivity contribution in [1.29, 1.82) is 0 Å². The van der Waals surface area contributed by atoms with E-state index in [2.05, 4.69) is 44.4 Å². The molecule has 0 atom stereocenters. The molecule has 0 radical (unpaired) electrons. The number of fused-ring (bicyclic) bond motifs is 1. The lowest BCUT2D eigenvalue weighted by atomic mass is 10.2. The highest BCUT2D eigenvalue weighted by Gasteiger charge is 2.05. The summed E-state index contributed by atoms with van der Waals surface area (Å²) in [5, 5.41) is 8.08. The smallest absolute Gasteiger partial charge is 0.112 e. The quantitative estimate of drug-likeness (QED) is 0.808. The van der Waals surface area contributed by atoms with E-state index in [0.29, 0.717) is 0 Å². The first-order chi connectivity index (χ1) is 5.83. The third-order valence-electron chi connectivity index (χ3n) is 1.67. The number of nitrogens with one attached hydrogen (secondary N) is 1. The molecule has 0 aromatic carbocycles. The van der Waals surface area contributed by atoms with Gasteiger partial charge >= 0.3 is 0 Å². The van der Waals surface area contributed by atoms with E-state index >= 15 is 0 Å². The van der Waals surface area contributed by atoms with Gasteiger partial charge in [0.2, 0.25) is 0 Å². The minimum atomic E-state index is 0.886. The molecular weight excluding hydrogens is 265 g/mol. The van der Waals surface area contributed by atoms with E-state index in [0.717, 1.165) is 20.2 Å². The summed E-state index contributed by atoms with van der Waals surface area (Å²) in [7, 11) is 0. The van der Waals surface area contributed by atoms with Crippen LogP contribution in [0.1, 0.15) is 5.56 Å². The molecule has 0 bridgehead atoms. The number of halogens is 1. The highest BCUT2D eigenvalue weighted by atomic mass is 127. The van der Waals surface area contributed by atoms with Crippen molar-refractivity contribution in [3.05, 3.63) is 28.2 Å². The molecule has 0 spiro atoms. The molecule has 0 aliphatic rings. The molecule has 0 unspecified atom stereocenters. The Kier molecular flexibility index (Phi) is 1.84. The largest absolute Gasteiger partial charge is 0.271 e. The molecule has 2 aromatic rings. The van der Waals surface area contributed by atoms with E-state index in [9.17, 15) is 0 Å². The minimum Gasteiger partial charge on any atom is -0.271 e. The number of H-pyrrole nitrogens is 1. The average molecular weight is 271 g/mol. The highest BCUT2D eigenvalue weighted by molar-refractivity contribution is 14.1. The van der Waals surface area contributed by atoms with E-state index in [1.165, 1.54) is 0 Å². The van der Waals surface area contributed by atoms with Crippen LogP contribution in [0.4, 0.5) is 0 Å². The predicted octanol–water partition coefficient (Wildman–Crippen LogP) is 2.21. The van der Waals surface area contributed by atoms with Crippen molar-refractivity contribution in [2.45, 2.75) is 0 Å². The fourth-order valence-corrected chi connectivity index (χ4v) is 1.82. The summed E-state index contributed by atoms with van der Waals surface area (Å²) in [5.74, 6) is 0. The topological polar surface area (TPSA) is 41.6 Å². The second-order valence-corrected chi connectivity index (χ2v) is 3.44. The summed E-state index contributed by atoms with van der Waals surface area (Å²) in [6.45, 7) is 3.72. The summed E-state index contributed by atoms with van der Waals surface area (Å²) in [5.41, 5.74) is 1.91. The van der Waals surface area contributed by atoms with Gasteiger partial charge in [-0.3, -0.25) is 10.1 Å². The van der Waals surface area contributed by atoms with Crippen LogP contribution in [0.3, 0.4) is 0 Å². The zero-order chi connectivity index (χ0) is 8.55. The number of aromatic nitrogens is 3. The van der Waals surface area contributed by atoms with Gasteiger partial charge in [-0.2, -0.15) is 5.10 Å². The lowest BCUT2D eigenvalue weighted by Gasteiger charge is -1.93. The van der Waals surface area contributed by atoms with Crippen LogP contribution in [0.5, 0.6) is 0 Å². The molecular formula is C8H6IN3. The molecule has 0 saturated heterocycles. The van der Waals surface area contributed by atoms with Crippen LogP contribution in [0.25, 0.3) is 17.0 Å². The zero-order valence-electron chi connectivity index (χ0n) is 6.21. The van der Waals surface area contributed by atoms with Crippen molar-refractivity contribution in [1.82, 2.24) is 15.2 Å². The Labute approximate surface area is 83.0 Å². The maximum Gasteiger partial charge on any atom is 0.112 e. The second kappa shape index (κ2) is 2.85. The van der Waals surface area contributed by atoms with E-state index in [1.54, 1.807) is 18.5 Å². The molecule has 12 heavy (non-hydrogen) atoms. The predicted molar refractivity (Wildman–Crippen MR) is 56.7 cm³/mol. The number of rotatable bonds is 1. The lowest BCUT2D eigenvalue weighted by molar-refractivity contribution is 1.09. The van der Waals surface area contributed by atoms with Crippen LogP contribution in [-0.4, -0.2) is 15.2 Å². The molecule has 0 fully saturated rings. The Hall–Kier alpha value is -0.910. The normalized spacial score (nSPS) is 10.4. The van der Waals surface area contributed by atoms with Gasteiger partial charge in [-0.15, -0.1) is 0 Å². The van der Waals surface area contributed by atoms with Gasteiger partial charge < -0.3 is 0 Å². The van der Waals surface area contributed by atoms with Crippen molar-refractivity contribution < 1.29 is 0 Å². The van der Waals surface area contributed by atoms with Gasteiger partial charge in [-0.05, 0) is 22.6 Å². The Morgan fingerprint density at radius 1 is 1.50 bits per heavy atom. The van der Waals surface area contributed by atoms with Gasteiger partial charge in [0.05, 0.1) is 6.20 Å². The maximum absolute atomic E-state index is 4.08. The summed E-state index contributed by atoms with van der Waals surface area (Å²) < 4.78 is 1.03. The fourth-order valence-electron chi connectivity index (χ4n) is 1.11. The summed E-state index contributed by atoms with van der Waals surface area (Å²) in [6.07, 6.45) is 5.31. The van der Waals surface area contributed by atoms with Crippen molar-refractivity contribution in [2.75, 3.05) is 0 Å². The molecule has 1 N–H and O–H groups in total. The highest BCUT2D eigenvalue weighted by Crippen LogP contribution is 2.21. The number of pyridine rings is 1. The first kappa shape index (κ1) is 7.72. The number of nitrogens with zero attached hydrogens (tertiary/aromatic N) is 2. The van der Waals surface area contributed by atoms with Gasteiger partial charge in [0.25, 0.3) is 0 Å². The average Bonchev–Trinajstić information content (AvgIpc) is 2.48. The third-order valence-corrected chi connectivity index (χ3v) is 2.45. The zero-order valence-corrected chi connectivity index (χ0v) is 8.37. The van der Waals surface area contributed by atoms with Crippen molar-refractivity contribution in [2.24, 2.45) is 0 Å². The van der Waals surface area contributed by atoms with Gasteiger partial charge in [-0.25, -0.2) is 0 Å². The molecule has 2 aromatic heterocycles. The van der Waals surface area contributed by atoms with E-state index in [-0.39, 0.29) is 0 Å². The van der Waals surface area contributed by atoms with Crippen LogP contribution in [-0.2, 0) is 0 Å². The lowest BCUT2D eigenvalue weighted by Crippen LogP contribution is -1.79. The summed E-state index contributed by atoms with van der Waals surface area (Å²) in [6, 6.07) is 0. The van der Waals surface area contributed by atoms with E-state index in [1.807, 2.05) is 0 Å². The number of hydrogen-bond acceptors (Lipinski definition) is 2. The molecule has 2 rings (SSSR count). The molecule has 0 aliphatic carbocycles. The monoisotopic (exact) mass is 271 g/mol. The SMILES string of the molecule is C=Cc1cncc2n[nH]c(I)c12. The maximum atomic E-state index is 4.08. The molecule has 3 nitrogen and oxygen atoms in total. The molecule has 2 heterocycles. The van der Waals surface area contributed by atoms with Crippen LogP contribution in [0, 0.1) is 3.70 Å². The first-order valence-electron chi connectivity index (χ1n) is 3.43. The van der Waals surface area contributed by atoms with Crippen molar-refractivity contribution >= 4 is 39.6 Å². The van der Waals surface area contributed by atoms with E-state index < -0.39 is 0 Å². The van der Waals surface area contributed by atoms with E-state index in [4.69, 9.17) is 0 Å². The second-order valence-electron chi connectivity index (χ2n) is 2.36. The summed E-state index contributed by atoms with van der Waals surface area (Å²) >= 11 is 2.21. The Morgan fingerprint density at radius 2 is 2.33 bits per heavy atom. The van der Waals surface area contributed by atoms with Crippen molar-refractivity contribution in [3.8, 4) is 0 Å². The first-order valence-corrected chi connectivity index (χ1v) is 4.51. The van der Waals surface area contributed by atoms with Crippen LogP contribution in [0.15, 0.2) is 19.0 Å². The third kappa shape index (κ3) is 1.03. The molecule has 60 valence electrons. The van der Waals surface area contributed by atoms with Gasteiger partial charge in [0, 0.05) is 17.1 Å². The summed E-state index contributed by atoms with van der Waals surface area (Å²) in [4.78, 5) is 4.04. The number of aromatic amines is 1. The molecule has 4 heteroatoms. The standard InChI is InChI=1S/C8H6IN3/c1-2-5-3-10-4-6-7(5)8(9)12-11-6/h2-4H,1H2,(H,11,12). The molecule has 0 amide bonds. The van der Waals surface area contributed by atoms with Gasteiger partial charge in [0.15, 0.2) is 0 Å². The Morgan fingerprint density at radius 3 is 3.08 bits per heavy atom. The van der Waals surface area contributed by atoms with Crippen LogP contribution < -0.4 is 0 Å². The van der Waals surface area contributed by atoms with Crippen LogP contribution >= 0.6 is 22.6 Å². The van der Waals surface area contributed by atoms with Gasteiger partial charge in [0.1, 0.15) is 9.22 Å². The number of hydrogen-bond donors (Lipinski definition) is 1. The van der Waals surface area contributed by atoms with Gasteiger partial charge in [-0.1, -0.05) is 12.7 Å². The molecule has 0 aliphatic heterocycles. The Bertz CT molecular complexity index is 433. The van der Waals surface area contributed by atoms with Crippen LogP contribution in [0.2, 0.25) is 0 Å². The fraction of sp³-hybridized carbons (Fsp3) is 0. The van der Waals surface area contributed by atoms with Crippen molar-refractivity contribution in [3.63, 3.8) is 0 Å². The Balaban J connectivity index is 2.93. The minimum absolute atomic E-state index is 0.886. The molecule has 0 saturated carbocycles.